The van der Waals surface area contributed by atoms with Gasteiger partial charge in [-0.25, -0.2) is 9.98 Å². The zero-order chi connectivity index (χ0) is 12.5. The number of aliphatic imine (C=N–C) groups is 1. The van der Waals surface area contributed by atoms with Gasteiger partial charge in [0, 0.05) is 20.3 Å². The lowest BCUT2D eigenvalue weighted by Gasteiger charge is -2.15. The average Bonchev–Trinajstić information content (AvgIpc) is 2.55. The fourth-order valence-electron chi connectivity index (χ4n) is 1.91. The Morgan fingerprint density at radius 1 is 1.00 bits per heavy atom. The van der Waals surface area contributed by atoms with E-state index >= 15 is 0 Å². The Morgan fingerprint density at radius 2 is 1.78 bits per heavy atom. The minimum absolute atomic E-state index is 0.609. The summed E-state index contributed by atoms with van der Waals surface area (Å²) in [6, 6.07) is 11.6. The first-order valence-corrected chi connectivity index (χ1v) is 5.74. The van der Waals surface area contributed by atoms with Crippen molar-refractivity contribution in [2.24, 2.45) is 4.99 Å². The van der Waals surface area contributed by atoms with Crippen LogP contribution in [0.15, 0.2) is 47.6 Å². The number of fused-ring (bicyclic) bond motifs is 2. The molecule has 0 amide bonds. The molecule has 1 aromatic carbocycles. The molecule has 1 aliphatic rings. The van der Waals surface area contributed by atoms with E-state index in [2.05, 4.69) is 9.98 Å². The number of pyridine rings is 1. The molecule has 3 rings (SSSR count). The van der Waals surface area contributed by atoms with Crippen LogP contribution in [0.3, 0.4) is 0 Å². The van der Waals surface area contributed by atoms with Gasteiger partial charge in [-0.2, -0.15) is 0 Å². The highest BCUT2D eigenvalue weighted by Crippen LogP contribution is 2.35. The van der Waals surface area contributed by atoms with Crippen LogP contribution in [-0.4, -0.2) is 29.8 Å². The maximum absolute atomic E-state index is 5.88. The van der Waals surface area contributed by atoms with Gasteiger partial charge in [0.15, 0.2) is 11.6 Å². The van der Waals surface area contributed by atoms with Crippen molar-refractivity contribution in [3.63, 3.8) is 0 Å². The Labute approximate surface area is 106 Å². The Morgan fingerprint density at radius 3 is 2.61 bits per heavy atom. The molecule has 0 bridgehead atoms. The Balaban J connectivity index is 2.26. The minimum Gasteiger partial charge on any atom is -0.453 e. The number of ether oxygens (including phenoxy) is 1. The topological polar surface area (TPSA) is 37.7 Å². The fraction of sp³-hybridized carbons (Fsp3) is 0.143. The Kier molecular flexibility index (Phi) is 2.48. The summed E-state index contributed by atoms with van der Waals surface area (Å²) >= 11 is 0. The normalized spacial score (nSPS) is 12.7. The van der Waals surface area contributed by atoms with E-state index in [0.29, 0.717) is 11.6 Å². The van der Waals surface area contributed by atoms with Crippen molar-refractivity contribution in [3.8, 4) is 11.5 Å². The Hall–Kier alpha value is -2.36. The van der Waals surface area contributed by atoms with Crippen LogP contribution in [0.25, 0.3) is 0 Å². The summed E-state index contributed by atoms with van der Waals surface area (Å²) in [6.07, 6.45) is 1.72. The Bertz CT molecular complexity index is 620. The molecule has 1 aromatic heterocycles. The standard InChI is InChI=1S/C14H13N3O/c1-17(2)14-10-6-3-4-7-11(10)18-12-8-5-9-15-13(12)16-14/h3-9H,1-2H3. The van der Waals surface area contributed by atoms with Crippen molar-refractivity contribution in [2.75, 3.05) is 14.1 Å². The van der Waals surface area contributed by atoms with E-state index in [1.54, 1.807) is 6.20 Å². The third kappa shape index (κ3) is 1.72. The van der Waals surface area contributed by atoms with Crippen LogP contribution in [0.1, 0.15) is 5.56 Å². The van der Waals surface area contributed by atoms with Gasteiger partial charge < -0.3 is 9.64 Å². The van der Waals surface area contributed by atoms with Crippen LogP contribution in [-0.2, 0) is 0 Å². The molecule has 2 aromatic rings. The van der Waals surface area contributed by atoms with Crippen molar-refractivity contribution in [1.82, 2.24) is 9.88 Å². The number of amidine groups is 1. The number of rotatable bonds is 0. The number of nitrogens with zero attached hydrogens (tertiary/aromatic N) is 3. The summed E-state index contributed by atoms with van der Waals surface area (Å²) in [5.74, 6) is 2.94. The second kappa shape index (κ2) is 4.14. The van der Waals surface area contributed by atoms with Crippen LogP contribution in [0.4, 0.5) is 5.82 Å². The maximum atomic E-state index is 5.88. The van der Waals surface area contributed by atoms with Gasteiger partial charge in [-0.05, 0) is 24.3 Å². The van der Waals surface area contributed by atoms with Crippen molar-refractivity contribution in [1.29, 1.82) is 0 Å². The maximum Gasteiger partial charge on any atom is 0.197 e. The van der Waals surface area contributed by atoms with Crippen LogP contribution in [0, 0.1) is 0 Å². The predicted molar refractivity (Wildman–Crippen MR) is 70.6 cm³/mol. The lowest BCUT2D eigenvalue weighted by molar-refractivity contribution is 0.482. The molecule has 0 saturated carbocycles. The van der Waals surface area contributed by atoms with E-state index in [1.165, 1.54) is 0 Å². The SMILES string of the molecule is CN(C)C1=Nc2ncccc2Oc2ccccc21. The number of aromatic nitrogens is 1. The van der Waals surface area contributed by atoms with Crippen LogP contribution >= 0.6 is 0 Å². The van der Waals surface area contributed by atoms with E-state index in [9.17, 15) is 0 Å². The molecule has 18 heavy (non-hydrogen) atoms. The second-order valence-corrected chi connectivity index (χ2v) is 4.25. The molecule has 1 aliphatic heterocycles. The van der Waals surface area contributed by atoms with E-state index < -0.39 is 0 Å². The molecule has 0 unspecified atom stereocenters. The van der Waals surface area contributed by atoms with Gasteiger partial charge in [0.25, 0.3) is 0 Å². The molecule has 4 nitrogen and oxygen atoms in total. The third-order valence-electron chi connectivity index (χ3n) is 2.73. The quantitative estimate of drug-likeness (QED) is 0.709. The molecule has 90 valence electrons. The van der Waals surface area contributed by atoms with Gasteiger partial charge in [0.1, 0.15) is 11.6 Å². The molecular weight excluding hydrogens is 226 g/mol. The first-order chi connectivity index (χ1) is 8.75. The summed E-state index contributed by atoms with van der Waals surface area (Å²) in [5, 5.41) is 0. The molecule has 0 fully saturated rings. The minimum atomic E-state index is 0.609. The molecule has 0 N–H and O–H groups in total. The smallest absolute Gasteiger partial charge is 0.197 e. The third-order valence-corrected chi connectivity index (χ3v) is 2.73. The largest absolute Gasteiger partial charge is 0.453 e. The summed E-state index contributed by atoms with van der Waals surface area (Å²) in [5.41, 5.74) is 0.973. The molecule has 0 spiro atoms. The van der Waals surface area contributed by atoms with Crippen molar-refractivity contribution < 1.29 is 4.74 Å². The summed E-state index contributed by atoms with van der Waals surface area (Å²) < 4.78 is 5.88. The van der Waals surface area contributed by atoms with E-state index in [-0.39, 0.29) is 0 Å². The zero-order valence-electron chi connectivity index (χ0n) is 10.3. The summed E-state index contributed by atoms with van der Waals surface area (Å²) in [4.78, 5) is 10.8. The van der Waals surface area contributed by atoms with E-state index in [1.807, 2.05) is 55.4 Å². The van der Waals surface area contributed by atoms with Gasteiger partial charge >= 0.3 is 0 Å². The summed E-state index contributed by atoms with van der Waals surface area (Å²) in [6.45, 7) is 0. The van der Waals surface area contributed by atoms with Crippen molar-refractivity contribution in [2.45, 2.75) is 0 Å². The average molecular weight is 239 g/mol. The molecule has 0 atom stereocenters. The molecule has 0 aliphatic carbocycles. The van der Waals surface area contributed by atoms with Crippen LogP contribution < -0.4 is 4.74 Å². The van der Waals surface area contributed by atoms with Gasteiger partial charge in [0.05, 0.1) is 5.56 Å². The highest BCUT2D eigenvalue weighted by molar-refractivity contribution is 6.03. The highest BCUT2D eigenvalue weighted by Gasteiger charge is 2.19. The van der Waals surface area contributed by atoms with Crippen molar-refractivity contribution in [3.05, 3.63) is 48.2 Å². The number of hydrogen-bond donors (Lipinski definition) is 0. The van der Waals surface area contributed by atoms with E-state index in [0.717, 1.165) is 17.1 Å². The molecule has 4 heteroatoms. The van der Waals surface area contributed by atoms with Crippen LogP contribution in [0.5, 0.6) is 11.5 Å². The van der Waals surface area contributed by atoms with E-state index in [4.69, 9.17) is 4.74 Å². The number of hydrogen-bond acceptors (Lipinski definition) is 4. The fourth-order valence-corrected chi connectivity index (χ4v) is 1.91. The highest BCUT2D eigenvalue weighted by atomic mass is 16.5. The summed E-state index contributed by atoms with van der Waals surface area (Å²) in [7, 11) is 3.92. The van der Waals surface area contributed by atoms with Gasteiger partial charge in [-0.1, -0.05) is 12.1 Å². The lowest BCUT2D eigenvalue weighted by Crippen LogP contribution is -2.22. The number of para-hydroxylation sites is 1. The zero-order valence-corrected chi connectivity index (χ0v) is 10.3. The monoisotopic (exact) mass is 239 g/mol. The molecule has 2 heterocycles. The van der Waals surface area contributed by atoms with Crippen LogP contribution in [0.2, 0.25) is 0 Å². The second-order valence-electron chi connectivity index (χ2n) is 4.25. The van der Waals surface area contributed by atoms with Gasteiger partial charge in [-0.15, -0.1) is 0 Å². The van der Waals surface area contributed by atoms with Crippen molar-refractivity contribution >= 4 is 11.7 Å². The predicted octanol–water partition coefficient (Wildman–Crippen LogP) is 2.83. The first-order valence-electron chi connectivity index (χ1n) is 5.74. The molecule has 0 saturated heterocycles. The van der Waals surface area contributed by atoms with Gasteiger partial charge in [-0.3, -0.25) is 0 Å². The lowest BCUT2D eigenvalue weighted by atomic mass is 10.1. The molecular formula is C14H13N3O. The van der Waals surface area contributed by atoms with Gasteiger partial charge in [0.2, 0.25) is 0 Å². The first kappa shape index (κ1) is 10.8. The molecule has 0 radical (unpaired) electrons. The number of benzene rings is 1.